The van der Waals surface area contributed by atoms with E-state index in [1.165, 1.54) is 0 Å². The molecule has 3 aromatic heterocycles. The molecule has 0 spiro atoms. The molecule has 2 unspecified atom stereocenters. The zero-order valence-electron chi connectivity index (χ0n) is 21.4. The molecular formula is C29H28F3N5O. The number of amides is 1. The first-order valence-electron chi connectivity index (χ1n) is 12.5. The average molecular weight is 520 g/mol. The number of carbonyl (C=O) groups excluding carboxylic acids is 1. The molecule has 6 nitrogen and oxygen atoms in total. The molecule has 0 bridgehead atoms. The van der Waals surface area contributed by atoms with E-state index < -0.39 is 12.1 Å². The maximum absolute atomic E-state index is 13.9. The van der Waals surface area contributed by atoms with Gasteiger partial charge < -0.3 is 5.32 Å². The van der Waals surface area contributed by atoms with Gasteiger partial charge in [-0.25, -0.2) is 0 Å². The van der Waals surface area contributed by atoms with E-state index in [-0.39, 0.29) is 24.7 Å². The molecule has 0 radical (unpaired) electrons. The van der Waals surface area contributed by atoms with Gasteiger partial charge in [-0.05, 0) is 74.2 Å². The lowest BCUT2D eigenvalue weighted by Crippen LogP contribution is -2.25. The van der Waals surface area contributed by atoms with Gasteiger partial charge in [0.15, 0.2) is 0 Å². The molecule has 5 rings (SSSR count). The molecule has 0 fully saturated rings. The molecule has 0 saturated heterocycles. The molecule has 1 aromatic carbocycles. The van der Waals surface area contributed by atoms with E-state index in [1.807, 2.05) is 32.0 Å². The Morgan fingerprint density at radius 3 is 2.50 bits per heavy atom. The van der Waals surface area contributed by atoms with Crippen LogP contribution in [0, 0.1) is 19.8 Å². The molecule has 2 atom stereocenters. The highest BCUT2D eigenvalue weighted by Crippen LogP contribution is 2.46. The Bertz CT molecular complexity index is 1480. The van der Waals surface area contributed by atoms with Crippen LogP contribution in [0.1, 0.15) is 57.2 Å². The number of alkyl halides is 3. The number of rotatable bonds is 4. The Hall–Kier alpha value is -4.01. The van der Waals surface area contributed by atoms with Crippen molar-refractivity contribution in [2.75, 3.05) is 5.32 Å². The number of benzene rings is 1. The lowest BCUT2D eigenvalue weighted by atomic mass is 9.83. The molecule has 4 aromatic rings. The van der Waals surface area contributed by atoms with E-state index in [2.05, 4.69) is 20.4 Å². The number of hydrogen-bond donors (Lipinski definition) is 1. The van der Waals surface area contributed by atoms with Crippen molar-refractivity contribution in [1.82, 2.24) is 19.7 Å². The van der Waals surface area contributed by atoms with Crippen LogP contribution in [0.5, 0.6) is 0 Å². The third-order valence-corrected chi connectivity index (χ3v) is 7.33. The standard InChI is InChI=1S/C29H28F3N5O/c1-17-15-19(28(38)35-23-8-6-14-33-18(23)2)9-11-21(17)22-12-10-20(29(30,31)32)16-25-26(22)27(36-37(25)3)24-7-4-5-13-34-24/h4-9,11,13-15,20,22H,10,12,16H2,1-3H3,(H,35,38). The smallest absolute Gasteiger partial charge is 0.320 e. The molecule has 1 aliphatic carbocycles. The van der Waals surface area contributed by atoms with Crippen molar-refractivity contribution < 1.29 is 18.0 Å². The van der Waals surface area contributed by atoms with Crippen molar-refractivity contribution >= 4 is 11.6 Å². The maximum atomic E-state index is 13.9. The van der Waals surface area contributed by atoms with E-state index in [0.717, 1.165) is 16.7 Å². The molecule has 3 heterocycles. The fourth-order valence-corrected chi connectivity index (χ4v) is 5.33. The highest BCUT2D eigenvalue weighted by Gasteiger charge is 2.44. The Balaban J connectivity index is 1.56. The van der Waals surface area contributed by atoms with Gasteiger partial charge in [-0.1, -0.05) is 12.1 Å². The van der Waals surface area contributed by atoms with Crippen molar-refractivity contribution in [3.63, 3.8) is 0 Å². The third-order valence-electron chi connectivity index (χ3n) is 7.33. The number of fused-ring (bicyclic) bond motifs is 1. The summed E-state index contributed by atoms with van der Waals surface area (Å²) in [5.41, 5.74) is 6.09. The second-order valence-corrected chi connectivity index (χ2v) is 9.78. The van der Waals surface area contributed by atoms with Crippen LogP contribution in [-0.2, 0) is 13.5 Å². The SMILES string of the molecule is Cc1cc(C(=O)Nc2cccnc2C)ccc1C1CCC(C(F)(F)F)Cc2c1c(-c1ccccn1)nn2C. The normalized spacial score (nSPS) is 17.5. The van der Waals surface area contributed by atoms with Crippen LogP contribution < -0.4 is 5.32 Å². The first-order valence-corrected chi connectivity index (χ1v) is 12.5. The lowest BCUT2D eigenvalue weighted by Gasteiger charge is -2.21. The first-order chi connectivity index (χ1) is 18.1. The van der Waals surface area contributed by atoms with Crippen LogP contribution in [-0.4, -0.2) is 31.8 Å². The third kappa shape index (κ3) is 4.92. The number of aryl methyl sites for hydroxylation is 3. The van der Waals surface area contributed by atoms with Crippen molar-refractivity contribution in [1.29, 1.82) is 0 Å². The Morgan fingerprint density at radius 1 is 1.03 bits per heavy atom. The Labute approximate surface area is 219 Å². The fourth-order valence-electron chi connectivity index (χ4n) is 5.33. The summed E-state index contributed by atoms with van der Waals surface area (Å²) in [5.74, 6) is -2.04. The summed E-state index contributed by atoms with van der Waals surface area (Å²) in [6, 6.07) is 14.4. The summed E-state index contributed by atoms with van der Waals surface area (Å²) in [7, 11) is 1.70. The number of nitrogens with one attached hydrogen (secondary N) is 1. The second-order valence-electron chi connectivity index (χ2n) is 9.78. The molecule has 1 aliphatic rings. The summed E-state index contributed by atoms with van der Waals surface area (Å²) in [6.45, 7) is 3.71. The van der Waals surface area contributed by atoms with Crippen molar-refractivity contribution in [2.45, 2.75) is 45.2 Å². The highest BCUT2D eigenvalue weighted by molar-refractivity contribution is 6.04. The average Bonchev–Trinajstić information content (AvgIpc) is 3.07. The number of anilines is 1. The summed E-state index contributed by atoms with van der Waals surface area (Å²) in [4.78, 5) is 21.6. The van der Waals surface area contributed by atoms with Crippen LogP contribution in [0.4, 0.5) is 18.9 Å². The quantitative estimate of drug-likeness (QED) is 0.317. The van der Waals surface area contributed by atoms with Crippen LogP contribution in [0.2, 0.25) is 0 Å². The van der Waals surface area contributed by atoms with Gasteiger partial charge >= 0.3 is 6.18 Å². The molecule has 1 N–H and O–H groups in total. The van der Waals surface area contributed by atoms with Gasteiger partial charge in [0.25, 0.3) is 5.91 Å². The van der Waals surface area contributed by atoms with E-state index in [4.69, 9.17) is 0 Å². The topological polar surface area (TPSA) is 72.7 Å². The number of carbonyl (C=O) groups is 1. The van der Waals surface area contributed by atoms with Gasteiger partial charge in [-0.2, -0.15) is 18.3 Å². The number of hydrogen-bond acceptors (Lipinski definition) is 4. The zero-order valence-corrected chi connectivity index (χ0v) is 21.4. The van der Waals surface area contributed by atoms with E-state index in [1.54, 1.807) is 54.5 Å². The molecule has 0 aliphatic heterocycles. The molecule has 9 heteroatoms. The summed E-state index contributed by atoms with van der Waals surface area (Å²) >= 11 is 0. The van der Waals surface area contributed by atoms with Gasteiger partial charge in [0, 0.05) is 48.6 Å². The molecule has 0 saturated carbocycles. The lowest BCUT2D eigenvalue weighted by molar-refractivity contribution is -0.176. The largest absolute Gasteiger partial charge is 0.392 e. The fraction of sp³-hybridized carbons (Fsp3) is 0.310. The predicted molar refractivity (Wildman–Crippen MR) is 139 cm³/mol. The van der Waals surface area contributed by atoms with Gasteiger partial charge in [0.2, 0.25) is 0 Å². The van der Waals surface area contributed by atoms with E-state index >= 15 is 0 Å². The Morgan fingerprint density at radius 2 is 1.82 bits per heavy atom. The monoisotopic (exact) mass is 519 g/mol. The maximum Gasteiger partial charge on any atom is 0.392 e. The van der Waals surface area contributed by atoms with Crippen molar-refractivity contribution in [3.8, 4) is 11.4 Å². The summed E-state index contributed by atoms with van der Waals surface area (Å²) in [5, 5.41) is 7.53. The highest BCUT2D eigenvalue weighted by atomic mass is 19.4. The second kappa shape index (κ2) is 10.0. The molecule has 1 amide bonds. The van der Waals surface area contributed by atoms with E-state index in [9.17, 15) is 18.0 Å². The van der Waals surface area contributed by atoms with Crippen LogP contribution in [0.3, 0.4) is 0 Å². The van der Waals surface area contributed by atoms with E-state index in [0.29, 0.717) is 40.4 Å². The minimum atomic E-state index is -4.30. The van der Waals surface area contributed by atoms with Gasteiger partial charge in [-0.3, -0.25) is 19.4 Å². The number of aromatic nitrogens is 4. The van der Waals surface area contributed by atoms with Crippen LogP contribution >= 0.6 is 0 Å². The number of nitrogens with zero attached hydrogens (tertiary/aromatic N) is 4. The minimum absolute atomic E-state index is 0.00642. The van der Waals surface area contributed by atoms with Crippen molar-refractivity contribution in [3.05, 3.63) is 94.6 Å². The number of pyridine rings is 2. The minimum Gasteiger partial charge on any atom is -0.320 e. The first kappa shape index (κ1) is 25.6. The molecule has 38 heavy (non-hydrogen) atoms. The predicted octanol–water partition coefficient (Wildman–Crippen LogP) is 6.39. The molecule has 196 valence electrons. The zero-order chi connectivity index (χ0) is 27.0. The summed E-state index contributed by atoms with van der Waals surface area (Å²) in [6.07, 6.45) is -0.801. The van der Waals surface area contributed by atoms with Crippen LogP contribution in [0.25, 0.3) is 11.4 Å². The Kier molecular flexibility index (Phi) is 6.77. The van der Waals surface area contributed by atoms with Gasteiger partial charge in [-0.15, -0.1) is 0 Å². The molecular weight excluding hydrogens is 491 g/mol. The number of halogens is 3. The summed E-state index contributed by atoms with van der Waals surface area (Å²) < 4.78 is 43.4. The van der Waals surface area contributed by atoms with Crippen molar-refractivity contribution in [2.24, 2.45) is 13.0 Å². The van der Waals surface area contributed by atoms with Gasteiger partial charge in [0.1, 0.15) is 5.69 Å². The van der Waals surface area contributed by atoms with Gasteiger partial charge in [0.05, 0.1) is 23.0 Å². The van der Waals surface area contributed by atoms with Crippen LogP contribution in [0.15, 0.2) is 60.9 Å².